The first-order valence-corrected chi connectivity index (χ1v) is 13.9. The normalized spacial score (nSPS) is 16.9. The molecule has 1 saturated heterocycles. The smallest absolute Gasteiger partial charge is 0.253 e. The van der Waals surface area contributed by atoms with E-state index in [1.165, 1.54) is 15.6 Å². The Bertz CT molecular complexity index is 1390. The molecule has 0 aliphatic carbocycles. The van der Waals surface area contributed by atoms with E-state index in [-0.39, 0.29) is 10.1 Å². The van der Waals surface area contributed by atoms with Crippen molar-refractivity contribution in [3.63, 3.8) is 0 Å². The van der Waals surface area contributed by atoms with Gasteiger partial charge >= 0.3 is 0 Å². The average molecular weight is 518 g/mol. The molecule has 5 rings (SSSR count). The highest BCUT2D eigenvalue weighted by molar-refractivity contribution is 7.91. The molecule has 0 bridgehead atoms. The van der Waals surface area contributed by atoms with Crippen LogP contribution in [-0.4, -0.2) is 36.2 Å². The average Bonchev–Trinajstić information content (AvgIpc) is 3.58. The zero-order valence-electron chi connectivity index (χ0n) is 17.4. The van der Waals surface area contributed by atoms with Crippen molar-refractivity contribution in [1.82, 2.24) is 9.29 Å². The standard InChI is InChI=1S/C23H20ClN3O3S3/c24-17-10-11-18-20(14-17)32-23(25-18)26(15-16-6-2-1-3-7-16)22(28)19-8-4-12-27(19)33(29,30)21-9-5-13-31-21/h1-3,5-7,9-11,13-14,19H,4,8,12,15H2. The summed E-state index contributed by atoms with van der Waals surface area (Å²) in [5.41, 5.74) is 1.69. The molecule has 6 nitrogen and oxygen atoms in total. The third kappa shape index (κ3) is 4.43. The highest BCUT2D eigenvalue weighted by atomic mass is 35.5. The molecule has 1 aliphatic heterocycles. The number of rotatable bonds is 6. The number of aromatic nitrogens is 1. The number of carbonyl (C=O) groups excluding carboxylic acids is 1. The van der Waals surface area contributed by atoms with Crippen LogP contribution in [0.5, 0.6) is 0 Å². The molecular formula is C23H20ClN3O3S3. The van der Waals surface area contributed by atoms with E-state index in [0.717, 1.165) is 27.1 Å². The van der Waals surface area contributed by atoms with E-state index in [2.05, 4.69) is 4.98 Å². The van der Waals surface area contributed by atoms with Crippen molar-refractivity contribution in [1.29, 1.82) is 0 Å². The molecule has 0 saturated carbocycles. The highest BCUT2D eigenvalue weighted by Crippen LogP contribution is 2.35. The molecule has 1 aliphatic rings. The lowest BCUT2D eigenvalue weighted by molar-refractivity contribution is -0.121. The lowest BCUT2D eigenvalue weighted by Gasteiger charge is -2.28. The Morgan fingerprint density at radius 2 is 1.97 bits per heavy atom. The van der Waals surface area contributed by atoms with Crippen LogP contribution in [0.1, 0.15) is 18.4 Å². The Kier molecular flexibility index (Phi) is 6.24. The van der Waals surface area contributed by atoms with E-state index in [4.69, 9.17) is 11.6 Å². The van der Waals surface area contributed by atoms with Crippen LogP contribution in [0.3, 0.4) is 0 Å². The minimum atomic E-state index is -3.74. The van der Waals surface area contributed by atoms with Crippen LogP contribution in [0.15, 0.2) is 70.3 Å². The number of anilines is 1. The number of amides is 1. The third-order valence-corrected chi connectivity index (χ3v) is 10.1. The molecule has 1 unspecified atom stereocenters. The number of hydrogen-bond donors (Lipinski definition) is 0. The summed E-state index contributed by atoms with van der Waals surface area (Å²) >= 11 is 8.69. The van der Waals surface area contributed by atoms with E-state index in [0.29, 0.717) is 36.1 Å². The molecule has 3 heterocycles. The largest absolute Gasteiger partial charge is 0.282 e. The summed E-state index contributed by atoms with van der Waals surface area (Å²) in [5.74, 6) is -0.262. The maximum atomic E-state index is 13.9. The van der Waals surface area contributed by atoms with Crippen molar-refractivity contribution in [2.45, 2.75) is 29.6 Å². The first kappa shape index (κ1) is 22.5. The van der Waals surface area contributed by atoms with Gasteiger partial charge in [-0.05, 0) is 48.1 Å². The quantitative estimate of drug-likeness (QED) is 0.343. The molecule has 0 radical (unpaired) electrons. The number of carbonyl (C=O) groups is 1. The van der Waals surface area contributed by atoms with Gasteiger partial charge in [0.15, 0.2) is 5.13 Å². The molecule has 1 atom stereocenters. The van der Waals surface area contributed by atoms with E-state index in [9.17, 15) is 13.2 Å². The van der Waals surface area contributed by atoms with Gasteiger partial charge in [0.2, 0.25) is 5.91 Å². The number of hydrogen-bond acceptors (Lipinski definition) is 6. The molecule has 33 heavy (non-hydrogen) atoms. The number of halogens is 1. The molecular weight excluding hydrogens is 498 g/mol. The molecule has 10 heteroatoms. The van der Waals surface area contributed by atoms with E-state index < -0.39 is 16.1 Å². The summed E-state index contributed by atoms with van der Waals surface area (Å²) < 4.78 is 29.0. The van der Waals surface area contributed by atoms with Crippen molar-refractivity contribution in [2.75, 3.05) is 11.4 Å². The van der Waals surface area contributed by atoms with Gasteiger partial charge in [-0.15, -0.1) is 11.3 Å². The fourth-order valence-corrected chi connectivity index (χ4v) is 8.00. The second-order valence-corrected chi connectivity index (χ2v) is 12.2. The minimum absolute atomic E-state index is 0.256. The van der Waals surface area contributed by atoms with Crippen molar-refractivity contribution < 1.29 is 13.2 Å². The summed E-state index contributed by atoms with van der Waals surface area (Å²) in [7, 11) is -3.74. The Morgan fingerprint density at radius 1 is 1.15 bits per heavy atom. The fourth-order valence-electron chi connectivity index (χ4n) is 3.99. The summed E-state index contributed by atoms with van der Waals surface area (Å²) in [6.07, 6.45) is 1.11. The summed E-state index contributed by atoms with van der Waals surface area (Å²) in [4.78, 5) is 20.2. The Labute approximate surface area is 205 Å². The van der Waals surface area contributed by atoms with E-state index >= 15 is 0 Å². The third-order valence-electron chi connectivity index (χ3n) is 5.57. The van der Waals surface area contributed by atoms with Crippen molar-refractivity contribution >= 4 is 65.6 Å². The first-order chi connectivity index (χ1) is 15.9. The summed E-state index contributed by atoms with van der Waals surface area (Å²) in [6, 6.07) is 17.6. The topological polar surface area (TPSA) is 70.6 Å². The van der Waals surface area contributed by atoms with Crippen LogP contribution in [0.4, 0.5) is 5.13 Å². The lowest BCUT2D eigenvalue weighted by Crippen LogP contribution is -2.47. The van der Waals surface area contributed by atoms with Gasteiger partial charge in [0, 0.05) is 11.6 Å². The van der Waals surface area contributed by atoms with Gasteiger partial charge in [0.25, 0.3) is 10.0 Å². The SMILES string of the molecule is O=C(C1CCCN1S(=O)(=O)c1cccs1)N(Cc1ccccc1)c1nc2ccc(Cl)cc2s1. The second-order valence-electron chi connectivity index (χ2n) is 7.72. The highest BCUT2D eigenvalue weighted by Gasteiger charge is 2.42. The van der Waals surface area contributed by atoms with Crippen molar-refractivity contribution in [3.05, 3.63) is 76.6 Å². The molecule has 2 aromatic heterocycles. The molecule has 170 valence electrons. The lowest BCUT2D eigenvalue weighted by atomic mass is 10.1. The molecule has 0 N–H and O–H groups in total. The Hall–Kier alpha value is -2.30. The number of thiophene rings is 1. The first-order valence-electron chi connectivity index (χ1n) is 10.4. The van der Waals surface area contributed by atoms with E-state index in [1.807, 2.05) is 42.5 Å². The molecule has 0 spiro atoms. The zero-order chi connectivity index (χ0) is 23.0. The maximum Gasteiger partial charge on any atom is 0.253 e. The van der Waals surface area contributed by atoms with Crippen molar-refractivity contribution in [2.24, 2.45) is 0 Å². The summed E-state index contributed by atoms with van der Waals surface area (Å²) in [6.45, 7) is 0.627. The van der Waals surface area contributed by atoms with Gasteiger partial charge in [0.05, 0.1) is 16.8 Å². The molecule has 1 fully saturated rings. The minimum Gasteiger partial charge on any atom is -0.282 e. The van der Waals surface area contributed by atoms with E-state index in [1.54, 1.807) is 28.5 Å². The van der Waals surface area contributed by atoms with Gasteiger partial charge in [-0.3, -0.25) is 9.69 Å². The van der Waals surface area contributed by atoms with Gasteiger partial charge in [0.1, 0.15) is 10.3 Å². The zero-order valence-corrected chi connectivity index (χ0v) is 20.6. The van der Waals surface area contributed by atoms with Crippen LogP contribution in [0.2, 0.25) is 5.02 Å². The number of sulfonamides is 1. The van der Waals surface area contributed by atoms with Crippen LogP contribution in [-0.2, 0) is 21.4 Å². The van der Waals surface area contributed by atoms with Crippen LogP contribution in [0, 0.1) is 0 Å². The second kappa shape index (κ2) is 9.15. The Balaban J connectivity index is 1.53. The van der Waals surface area contributed by atoms with Crippen LogP contribution < -0.4 is 4.90 Å². The van der Waals surface area contributed by atoms with Crippen LogP contribution >= 0.6 is 34.3 Å². The number of nitrogens with zero attached hydrogens (tertiary/aromatic N) is 3. The van der Waals surface area contributed by atoms with Gasteiger partial charge < -0.3 is 0 Å². The Morgan fingerprint density at radius 3 is 2.73 bits per heavy atom. The van der Waals surface area contributed by atoms with Gasteiger partial charge in [-0.1, -0.05) is 59.3 Å². The summed E-state index contributed by atoms with van der Waals surface area (Å²) in [5, 5.41) is 2.86. The number of benzene rings is 2. The molecule has 1 amide bonds. The monoisotopic (exact) mass is 517 g/mol. The number of thiazole rings is 1. The van der Waals surface area contributed by atoms with Crippen LogP contribution in [0.25, 0.3) is 10.2 Å². The molecule has 2 aromatic carbocycles. The molecule has 4 aromatic rings. The number of fused-ring (bicyclic) bond motifs is 1. The van der Waals surface area contributed by atoms with Crippen molar-refractivity contribution in [3.8, 4) is 0 Å². The predicted molar refractivity (Wildman–Crippen MR) is 133 cm³/mol. The fraction of sp³-hybridized carbons (Fsp3) is 0.217. The van der Waals surface area contributed by atoms with Gasteiger partial charge in [-0.2, -0.15) is 4.31 Å². The predicted octanol–water partition coefficient (Wildman–Crippen LogP) is 5.40. The van der Waals surface area contributed by atoms with Gasteiger partial charge in [-0.25, -0.2) is 13.4 Å². The maximum absolute atomic E-state index is 13.9.